The molecule has 0 bridgehead atoms. The average Bonchev–Trinajstić information content (AvgIpc) is 2.38. The van der Waals surface area contributed by atoms with Crippen LogP contribution >= 0.6 is 11.6 Å². The lowest BCUT2D eigenvalue weighted by molar-refractivity contribution is -0.125. The van der Waals surface area contributed by atoms with E-state index in [0.717, 1.165) is 6.07 Å². The van der Waals surface area contributed by atoms with Crippen molar-refractivity contribution >= 4 is 33.5 Å². The van der Waals surface area contributed by atoms with E-state index in [4.69, 9.17) is 22.1 Å². The van der Waals surface area contributed by atoms with Crippen molar-refractivity contribution in [2.45, 2.75) is 17.9 Å². The summed E-state index contributed by atoms with van der Waals surface area (Å²) in [5, 5.41) is -0.0427. The number of sulfonamides is 1. The number of carbonyl (C=O) groups excluding carboxylic acids is 2. The van der Waals surface area contributed by atoms with E-state index >= 15 is 0 Å². The Kier molecular flexibility index (Phi) is 5.09. The summed E-state index contributed by atoms with van der Waals surface area (Å²) in [6, 6.07) is 3.59. The van der Waals surface area contributed by atoms with Gasteiger partial charge in [0, 0.05) is 0 Å². The molecule has 7 nitrogen and oxygen atoms in total. The zero-order valence-corrected chi connectivity index (χ0v) is 12.3. The molecule has 0 heterocycles. The number of primary amides is 1. The van der Waals surface area contributed by atoms with Gasteiger partial charge in [-0.05, 0) is 32.2 Å². The van der Waals surface area contributed by atoms with Crippen LogP contribution in [-0.4, -0.2) is 33.4 Å². The lowest BCUT2D eigenvalue weighted by Crippen LogP contribution is -2.30. The molecule has 0 radical (unpaired) electrons. The first-order valence-corrected chi connectivity index (χ1v) is 7.28. The number of ether oxygens (including phenoxy) is 1. The van der Waals surface area contributed by atoms with Crippen molar-refractivity contribution in [3.05, 3.63) is 28.8 Å². The quantitative estimate of drug-likeness (QED) is 0.756. The maximum absolute atomic E-state index is 11.8. The zero-order valence-electron chi connectivity index (χ0n) is 10.7. The highest BCUT2D eigenvalue weighted by Gasteiger charge is 2.21. The summed E-state index contributed by atoms with van der Waals surface area (Å²) in [5.41, 5.74) is 4.91. The van der Waals surface area contributed by atoms with Crippen LogP contribution in [0.5, 0.6) is 0 Å². The van der Waals surface area contributed by atoms with Crippen LogP contribution in [0.1, 0.15) is 17.3 Å². The number of halogens is 1. The number of carbonyl (C=O) groups is 2. The van der Waals surface area contributed by atoms with Crippen LogP contribution in [0.15, 0.2) is 23.1 Å². The third-order valence-corrected chi connectivity index (χ3v) is 4.31. The first kappa shape index (κ1) is 16.4. The van der Waals surface area contributed by atoms with Crippen molar-refractivity contribution in [1.29, 1.82) is 0 Å². The molecule has 0 aliphatic rings. The van der Waals surface area contributed by atoms with E-state index in [0.29, 0.717) is 0 Å². The fourth-order valence-electron chi connectivity index (χ4n) is 1.23. The highest BCUT2D eigenvalue weighted by molar-refractivity contribution is 7.89. The summed E-state index contributed by atoms with van der Waals surface area (Å²) >= 11 is 5.77. The predicted octanol–water partition coefficient (Wildman–Crippen LogP) is 0.279. The summed E-state index contributed by atoms with van der Waals surface area (Å²) in [4.78, 5) is 22.3. The van der Waals surface area contributed by atoms with Gasteiger partial charge in [0.05, 0.1) is 10.6 Å². The van der Waals surface area contributed by atoms with Gasteiger partial charge in [-0.25, -0.2) is 17.9 Å². The van der Waals surface area contributed by atoms with Crippen LogP contribution in [0, 0.1) is 0 Å². The second kappa shape index (κ2) is 6.21. The van der Waals surface area contributed by atoms with Crippen molar-refractivity contribution < 1.29 is 22.7 Å². The summed E-state index contributed by atoms with van der Waals surface area (Å²) in [5.74, 6) is -1.68. The molecule has 9 heteroatoms. The molecule has 20 heavy (non-hydrogen) atoms. The van der Waals surface area contributed by atoms with Gasteiger partial charge in [-0.15, -0.1) is 0 Å². The number of esters is 1. The van der Waals surface area contributed by atoms with Crippen LogP contribution in [0.4, 0.5) is 0 Å². The lowest BCUT2D eigenvalue weighted by Gasteiger charge is -2.11. The largest absolute Gasteiger partial charge is 0.449 e. The van der Waals surface area contributed by atoms with Gasteiger partial charge in [0.25, 0.3) is 5.91 Å². The fraction of sp³-hybridized carbons (Fsp3) is 0.273. The van der Waals surface area contributed by atoms with E-state index in [2.05, 4.69) is 4.72 Å². The maximum atomic E-state index is 11.8. The highest BCUT2D eigenvalue weighted by atomic mass is 35.5. The summed E-state index contributed by atoms with van der Waals surface area (Å²) < 4.78 is 30.3. The van der Waals surface area contributed by atoms with Crippen LogP contribution in [-0.2, 0) is 19.6 Å². The van der Waals surface area contributed by atoms with Crippen molar-refractivity contribution in [3.8, 4) is 0 Å². The van der Waals surface area contributed by atoms with Crippen LogP contribution in [0.25, 0.3) is 0 Å². The van der Waals surface area contributed by atoms with Crippen molar-refractivity contribution in [2.75, 3.05) is 7.05 Å². The monoisotopic (exact) mass is 320 g/mol. The van der Waals surface area contributed by atoms with Gasteiger partial charge < -0.3 is 10.5 Å². The highest BCUT2D eigenvalue weighted by Crippen LogP contribution is 2.23. The molecule has 0 saturated heterocycles. The normalized spacial score (nSPS) is 12.8. The summed E-state index contributed by atoms with van der Waals surface area (Å²) in [7, 11) is -2.60. The fourth-order valence-corrected chi connectivity index (χ4v) is 2.48. The molecule has 1 amide bonds. The van der Waals surface area contributed by atoms with Gasteiger partial charge in [0.2, 0.25) is 10.0 Å². The second-order valence-electron chi connectivity index (χ2n) is 3.80. The van der Waals surface area contributed by atoms with E-state index in [1.54, 1.807) is 0 Å². The Morgan fingerprint density at radius 2 is 2.00 bits per heavy atom. The number of amides is 1. The predicted molar refractivity (Wildman–Crippen MR) is 71.8 cm³/mol. The number of nitrogens with one attached hydrogen (secondary N) is 1. The Balaban J connectivity index is 3.13. The van der Waals surface area contributed by atoms with Crippen LogP contribution in [0.3, 0.4) is 0 Å². The number of rotatable bonds is 5. The average molecular weight is 321 g/mol. The molecule has 0 aliphatic carbocycles. The Morgan fingerprint density at radius 3 is 2.50 bits per heavy atom. The molecule has 0 spiro atoms. The van der Waals surface area contributed by atoms with Gasteiger partial charge >= 0.3 is 5.97 Å². The molecule has 0 aliphatic heterocycles. The van der Waals surface area contributed by atoms with Gasteiger partial charge in [0.15, 0.2) is 6.10 Å². The molecule has 0 aromatic heterocycles. The van der Waals surface area contributed by atoms with Gasteiger partial charge in [-0.2, -0.15) is 0 Å². The minimum atomic E-state index is -3.81. The first-order chi connectivity index (χ1) is 9.19. The van der Waals surface area contributed by atoms with Crippen molar-refractivity contribution in [2.24, 2.45) is 5.73 Å². The minimum Gasteiger partial charge on any atom is -0.449 e. The Morgan fingerprint density at radius 1 is 1.40 bits per heavy atom. The van der Waals surface area contributed by atoms with Crippen molar-refractivity contribution in [3.63, 3.8) is 0 Å². The third-order valence-electron chi connectivity index (χ3n) is 2.41. The Bertz CT molecular complexity index is 644. The molecule has 3 N–H and O–H groups in total. The van der Waals surface area contributed by atoms with Gasteiger partial charge in [-0.1, -0.05) is 11.6 Å². The number of hydrogen-bond donors (Lipinski definition) is 2. The maximum Gasteiger partial charge on any atom is 0.338 e. The van der Waals surface area contributed by atoms with Crippen LogP contribution < -0.4 is 10.5 Å². The molecule has 0 saturated carbocycles. The Labute approximate surface area is 121 Å². The summed E-state index contributed by atoms with van der Waals surface area (Å²) in [6.07, 6.45) is -1.12. The molecular formula is C11H13ClN2O5S. The van der Waals surface area contributed by atoms with Gasteiger partial charge in [0.1, 0.15) is 4.90 Å². The smallest absolute Gasteiger partial charge is 0.338 e. The molecule has 1 atom stereocenters. The second-order valence-corrected chi connectivity index (χ2v) is 6.06. The number of nitrogens with two attached hydrogens (primary N) is 1. The van der Waals surface area contributed by atoms with E-state index in [1.807, 2.05) is 0 Å². The van der Waals surface area contributed by atoms with E-state index in [-0.39, 0.29) is 15.5 Å². The molecule has 0 unspecified atom stereocenters. The topological polar surface area (TPSA) is 116 Å². The molecular weight excluding hydrogens is 308 g/mol. The molecule has 1 aromatic carbocycles. The van der Waals surface area contributed by atoms with Crippen molar-refractivity contribution in [1.82, 2.24) is 4.72 Å². The van der Waals surface area contributed by atoms with E-state index in [9.17, 15) is 18.0 Å². The van der Waals surface area contributed by atoms with Gasteiger partial charge in [-0.3, -0.25) is 4.79 Å². The number of hydrogen-bond acceptors (Lipinski definition) is 5. The SMILES string of the molecule is CNS(=O)(=O)c1cc(C(=O)O[C@@H](C)C(N)=O)ccc1Cl. The Hall–Kier alpha value is -1.64. The molecule has 0 fully saturated rings. The van der Waals surface area contributed by atoms with E-state index in [1.165, 1.54) is 26.1 Å². The van der Waals surface area contributed by atoms with Crippen LogP contribution in [0.2, 0.25) is 5.02 Å². The molecule has 1 rings (SSSR count). The number of benzene rings is 1. The third kappa shape index (κ3) is 3.69. The van der Waals surface area contributed by atoms with E-state index < -0.39 is 28.0 Å². The first-order valence-electron chi connectivity index (χ1n) is 5.42. The molecule has 1 aromatic rings. The lowest BCUT2D eigenvalue weighted by atomic mass is 10.2. The molecule has 110 valence electrons. The summed E-state index contributed by atoms with van der Waals surface area (Å²) in [6.45, 7) is 1.31. The zero-order chi connectivity index (χ0) is 15.5. The standard InChI is InChI=1S/C11H13ClN2O5S/c1-6(10(13)15)19-11(16)7-3-4-8(12)9(5-7)20(17,18)14-2/h3-6,14H,1-2H3,(H2,13,15)/t6-/m0/s1. The minimum absolute atomic E-state index is 0.0427.